The smallest absolute Gasteiger partial charge is 0.140 e. The number of hydrogen-bond acceptors (Lipinski definition) is 3. The molecule has 0 aliphatic heterocycles. The van der Waals surface area contributed by atoms with Gasteiger partial charge in [0.15, 0.2) is 0 Å². The molecule has 0 saturated heterocycles. The van der Waals surface area contributed by atoms with Crippen LogP contribution in [0.4, 0.5) is 5.82 Å². The standard InChI is InChI=1S/C16H15BrN4/c1-11-6-8-18-16(15(11)17)19-10-12-2-4-13(5-3-12)14-7-9-20-21-14/h2-9H,10H2,1H3,(H,18,19)(H,20,21). The fraction of sp³-hybridized carbons (Fsp3) is 0.125. The first-order valence-corrected chi connectivity index (χ1v) is 7.47. The Morgan fingerprint density at radius 1 is 1.10 bits per heavy atom. The largest absolute Gasteiger partial charge is 0.365 e. The van der Waals surface area contributed by atoms with Crippen LogP contribution in [0, 0.1) is 6.92 Å². The van der Waals surface area contributed by atoms with Crippen molar-refractivity contribution in [3.8, 4) is 11.3 Å². The molecule has 5 heteroatoms. The van der Waals surface area contributed by atoms with Crippen LogP contribution in [-0.2, 0) is 6.54 Å². The summed E-state index contributed by atoms with van der Waals surface area (Å²) in [4.78, 5) is 4.34. The highest BCUT2D eigenvalue weighted by Gasteiger charge is 2.04. The Labute approximate surface area is 131 Å². The highest BCUT2D eigenvalue weighted by molar-refractivity contribution is 9.10. The van der Waals surface area contributed by atoms with Gasteiger partial charge >= 0.3 is 0 Å². The second kappa shape index (κ2) is 6.10. The minimum absolute atomic E-state index is 0.734. The van der Waals surface area contributed by atoms with Crippen molar-refractivity contribution in [3.05, 3.63) is 64.4 Å². The Kier molecular flexibility index (Phi) is 4.01. The van der Waals surface area contributed by atoms with Gasteiger partial charge in [-0.2, -0.15) is 5.10 Å². The lowest BCUT2D eigenvalue weighted by atomic mass is 10.1. The van der Waals surface area contributed by atoms with Crippen LogP contribution in [0.1, 0.15) is 11.1 Å². The van der Waals surface area contributed by atoms with Crippen molar-refractivity contribution in [2.24, 2.45) is 0 Å². The van der Waals surface area contributed by atoms with Crippen molar-refractivity contribution >= 4 is 21.7 Å². The van der Waals surface area contributed by atoms with Gasteiger partial charge in [0.05, 0.1) is 10.2 Å². The van der Waals surface area contributed by atoms with E-state index in [9.17, 15) is 0 Å². The molecule has 0 radical (unpaired) electrons. The van der Waals surface area contributed by atoms with Crippen LogP contribution in [0.15, 0.2) is 53.3 Å². The maximum Gasteiger partial charge on any atom is 0.140 e. The van der Waals surface area contributed by atoms with Crippen molar-refractivity contribution in [1.82, 2.24) is 15.2 Å². The maximum absolute atomic E-state index is 4.34. The molecular formula is C16H15BrN4. The van der Waals surface area contributed by atoms with Crippen molar-refractivity contribution in [1.29, 1.82) is 0 Å². The Balaban J connectivity index is 1.70. The van der Waals surface area contributed by atoms with E-state index in [2.05, 4.69) is 67.6 Å². The lowest BCUT2D eigenvalue weighted by Gasteiger charge is -2.09. The van der Waals surface area contributed by atoms with Gasteiger partial charge in [0.1, 0.15) is 5.82 Å². The molecule has 4 nitrogen and oxygen atoms in total. The van der Waals surface area contributed by atoms with E-state index < -0.39 is 0 Å². The summed E-state index contributed by atoms with van der Waals surface area (Å²) < 4.78 is 1.01. The monoisotopic (exact) mass is 342 g/mol. The molecule has 0 saturated carbocycles. The summed E-state index contributed by atoms with van der Waals surface area (Å²) in [5, 5.41) is 10.3. The summed E-state index contributed by atoms with van der Waals surface area (Å²) in [6.45, 7) is 2.79. The molecule has 0 bridgehead atoms. The predicted octanol–water partition coefficient (Wildman–Crippen LogP) is 4.15. The topological polar surface area (TPSA) is 53.6 Å². The maximum atomic E-state index is 4.34. The lowest BCUT2D eigenvalue weighted by Crippen LogP contribution is -2.02. The lowest BCUT2D eigenvalue weighted by molar-refractivity contribution is 1.09. The van der Waals surface area contributed by atoms with E-state index in [1.807, 2.05) is 18.3 Å². The molecule has 2 N–H and O–H groups in total. The van der Waals surface area contributed by atoms with E-state index in [1.165, 1.54) is 11.1 Å². The number of nitrogens with one attached hydrogen (secondary N) is 2. The number of halogens is 1. The number of hydrogen-bond donors (Lipinski definition) is 2. The minimum atomic E-state index is 0.734. The summed E-state index contributed by atoms with van der Waals surface area (Å²) in [5.74, 6) is 0.868. The van der Waals surface area contributed by atoms with Gasteiger partial charge in [0.2, 0.25) is 0 Å². The molecule has 0 aliphatic rings. The first kappa shape index (κ1) is 13.8. The van der Waals surface area contributed by atoms with Gasteiger partial charge < -0.3 is 5.32 Å². The Hall–Kier alpha value is -2.14. The third kappa shape index (κ3) is 3.13. The van der Waals surface area contributed by atoms with E-state index in [0.29, 0.717) is 0 Å². The highest BCUT2D eigenvalue weighted by atomic mass is 79.9. The normalized spacial score (nSPS) is 10.6. The molecule has 0 amide bonds. The van der Waals surface area contributed by atoms with E-state index in [-0.39, 0.29) is 0 Å². The van der Waals surface area contributed by atoms with Crippen LogP contribution in [-0.4, -0.2) is 15.2 Å². The molecule has 21 heavy (non-hydrogen) atoms. The summed E-state index contributed by atoms with van der Waals surface area (Å²) in [7, 11) is 0. The average Bonchev–Trinajstić information content (AvgIpc) is 3.04. The van der Waals surface area contributed by atoms with E-state index in [4.69, 9.17) is 0 Å². The van der Waals surface area contributed by atoms with Crippen LogP contribution in [0.5, 0.6) is 0 Å². The number of aromatic nitrogens is 3. The Bertz CT molecular complexity index is 721. The molecular weight excluding hydrogens is 328 g/mol. The number of benzene rings is 1. The van der Waals surface area contributed by atoms with Crippen LogP contribution < -0.4 is 5.32 Å². The zero-order valence-electron chi connectivity index (χ0n) is 11.6. The van der Waals surface area contributed by atoms with Crippen LogP contribution in [0.3, 0.4) is 0 Å². The first-order chi connectivity index (χ1) is 10.2. The second-order valence-corrected chi connectivity index (χ2v) is 5.60. The predicted molar refractivity (Wildman–Crippen MR) is 88.0 cm³/mol. The van der Waals surface area contributed by atoms with Crippen LogP contribution in [0.25, 0.3) is 11.3 Å². The Morgan fingerprint density at radius 3 is 2.62 bits per heavy atom. The van der Waals surface area contributed by atoms with Gasteiger partial charge in [-0.3, -0.25) is 5.10 Å². The summed E-state index contributed by atoms with van der Waals surface area (Å²) in [6, 6.07) is 12.3. The third-order valence-corrected chi connectivity index (χ3v) is 4.31. The van der Waals surface area contributed by atoms with Gasteiger partial charge in [-0.05, 0) is 51.7 Å². The first-order valence-electron chi connectivity index (χ1n) is 6.68. The summed E-state index contributed by atoms with van der Waals surface area (Å²) in [5.41, 5.74) is 4.53. The van der Waals surface area contributed by atoms with Crippen molar-refractivity contribution in [3.63, 3.8) is 0 Å². The molecule has 3 rings (SSSR count). The van der Waals surface area contributed by atoms with Gasteiger partial charge in [0.25, 0.3) is 0 Å². The highest BCUT2D eigenvalue weighted by Crippen LogP contribution is 2.24. The number of anilines is 1. The molecule has 2 heterocycles. The zero-order chi connectivity index (χ0) is 14.7. The number of rotatable bonds is 4. The summed E-state index contributed by atoms with van der Waals surface area (Å²) in [6.07, 6.45) is 3.56. The van der Waals surface area contributed by atoms with Crippen molar-refractivity contribution in [2.45, 2.75) is 13.5 Å². The average molecular weight is 343 g/mol. The number of pyridine rings is 1. The SMILES string of the molecule is Cc1ccnc(NCc2ccc(-c3ccn[nH]3)cc2)c1Br. The zero-order valence-corrected chi connectivity index (χ0v) is 13.2. The van der Waals surface area contributed by atoms with Crippen LogP contribution in [0.2, 0.25) is 0 Å². The number of nitrogens with zero attached hydrogens (tertiary/aromatic N) is 2. The quantitative estimate of drug-likeness (QED) is 0.748. The number of H-pyrrole nitrogens is 1. The van der Waals surface area contributed by atoms with Gasteiger partial charge in [-0.25, -0.2) is 4.98 Å². The molecule has 3 aromatic rings. The number of aryl methyl sites for hydroxylation is 1. The summed E-state index contributed by atoms with van der Waals surface area (Å²) >= 11 is 3.56. The van der Waals surface area contributed by atoms with E-state index in [0.717, 1.165) is 28.1 Å². The van der Waals surface area contributed by atoms with Crippen molar-refractivity contribution in [2.75, 3.05) is 5.32 Å². The van der Waals surface area contributed by atoms with E-state index in [1.54, 1.807) is 6.20 Å². The molecule has 1 aromatic carbocycles. The van der Waals surface area contributed by atoms with E-state index >= 15 is 0 Å². The fourth-order valence-electron chi connectivity index (χ4n) is 2.07. The minimum Gasteiger partial charge on any atom is -0.365 e. The molecule has 106 valence electrons. The fourth-order valence-corrected chi connectivity index (χ4v) is 2.44. The molecule has 2 aromatic heterocycles. The molecule has 0 fully saturated rings. The van der Waals surface area contributed by atoms with Crippen molar-refractivity contribution < 1.29 is 0 Å². The molecule has 0 unspecified atom stereocenters. The van der Waals surface area contributed by atoms with Gasteiger partial charge in [-0.1, -0.05) is 24.3 Å². The van der Waals surface area contributed by atoms with Crippen LogP contribution >= 0.6 is 15.9 Å². The molecule has 0 spiro atoms. The van der Waals surface area contributed by atoms with Gasteiger partial charge in [0, 0.05) is 18.9 Å². The van der Waals surface area contributed by atoms with Gasteiger partial charge in [-0.15, -0.1) is 0 Å². The Morgan fingerprint density at radius 2 is 1.90 bits per heavy atom. The third-order valence-electron chi connectivity index (χ3n) is 3.31. The molecule has 0 atom stereocenters. The second-order valence-electron chi connectivity index (χ2n) is 4.81. The molecule has 0 aliphatic carbocycles. The number of aromatic amines is 1.